The van der Waals surface area contributed by atoms with Crippen molar-refractivity contribution in [1.29, 1.82) is 5.26 Å². The number of likely N-dealkylation sites (N-methyl/N-ethyl adjacent to an activating group) is 1. The van der Waals surface area contributed by atoms with Crippen LogP contribution in [0.4, 0.5) is 0 Å². The van der Waals surface area contributed by atoms with Gasteiger partial charge < -0.3 is 4.90 Å². The molecule has 0 N–H and O–H groups in total. The number of nitrogens with zero attached hydrogens (tertiary/aromatic N) is 3. The third-order valence-electron chi connectivity index (χ3n) is 2.79. The average molecular weight is 181 g/mol. The van der Waals surface area contributed by atoms with Crippen molar-refractivity contribution in [2.24, 2.45) is 0 Å². The van der Waals surface area contributed by atoms with E-state index in [9.17, 15) is 0 Å². The van der Waals surface area contributed by atoms with Crippen LogP contribution in [0.15, 0.2) is 0 Å². The highest BCUT2D eigenvalue weighted by molar-refractivity contribution is 4.83. The first kappa shape index (κ1) is 10.5. The summed E-state index contributed by atoms with van der Waals surface area (Å²) in [6.45, 7) is 9.49. The maximum Gasteiger partial charge on any atom is 0.0868 e. The second-order valence-corrected chi connectivity index (χ2v) is 3.72. The molecule has 0 aromatic carbocycles. The maximum atomic E-state index is 8.65. The Kier molecular flexibility index (Phi) is 4.20. The summed E-state index contributed by atoms with van der Waals surface area (Å²) in [5.41, 5.74) is 0. The van der Waals surface area contributed by atoms with Gasteiger partial charge in [0.25, 0.3) is 0 Å². The van der Waals surface area contributed by atoms with Crippen LogP contribution in [0, 0.1) is 11.3 Å². The zero-order valence-corrected chi connectivity index (χ0v) is 8.66. The molecule has 1 aliphatic rings. The second kappa shape index (κ2) is 5.21. The molecule has 74 valence electrons. The minimum Gasteiger partial charge on any atom is -0.302 e. The van der Waals surface area contributed by atoms with Crippen LogP contribution < -0.4 is 0 Å². The zero-order valence-electron chi connectivity index (χ0n) is 8.66. The molecule has 0 radical (unpaired) electrons. The highest BCUT2D eigenvalue weighted by Crippen LogP contribution is 2.08. The quantitative estimate of drug-likeness (QED) is 0.594. The molecule has 1 fully saturated rings. The first-order valence-corrected chi connectivity index (χ1v) is 5.11. The van der Waals surface area contributed by atoms with Crippen LogP contribution in [0.1, 0.15) is 20.3 Å². The van der Waals surface area contributed by atoms with Gasteiger partial charge in [-0.2, -0.15) is 5.26 Å². The Balaban J connectivity index is 2.47. The van der Waals surface area contributed by atoms with Gasteiger partial charge in [-0.05, 0) is 26.4 Å². The van der Waals surface area contributed by atoms with Crippen LogP contribution in [-0.2, 0) is 0 Å². The SMILES string of the molecule is CCN1CCCN(CC#N)C(C)C1. The van der Waals surface area contributed by atoms with Crippen LogP contribution in [0.25, 0.3) is 0 Å². The van der Waals surface area contributed by atoms with E-state index in [0.29, 0.717) is 12.6 Å². The van der Waals surface area contributed by atoms with Crippen molar-refractivity contribution in [3.05, 3.63) is 0 Å². The molecular formula is C10H19N3. The Hall–Kier alpha value is -0.590. The van der Waals surface area contributed by atoms with Gasteiger partial charge in [-0.25, -0.2) is 0 Å². The summed E-state index contributed by atoms with van der Waals surface area (Å²) in [5.74, 6) is 0. The molecular weight excluding hydrogens is 162 g/mol. The van der Waals surface area contributed by atoms with E-state index in [0.717, 1.165) is 19.6 Å². The molecule has 0 aliphatic carbocycles. The maximum absolute atomic E-state index is 8.65. The summed E-state index contributed by atoms with van der Waals surface area (Å²) in [6, 6.07) is 2.77. The molecule has 3 nitrogen and oxygen atoms in total. The molecule has 0 bridgehead atoms. The number of rotatable bonds is 2. The molecule has 1 rings (SSSR count). The summed E-state index contributed by atoms with van der Waals surface area (Å²) >= 11 is 0. The Morgan fingerprint density at radius 2 is 2.23 bits per heavy atom. The van der Waals surface area contributed by atoms with Gasteiger partial charge in [-0.15, -0.1) is 0 Å². The van der Waals surface area contributed by atoms with Crippen LogP contribution in [0.5, 0.6) is 0 Å². The van der Waals surface area contributed by atoms with Gasteiger partial charge in [-0.3, -0.25) is 4.90 Å². The lowest BCUT2D eigenvalue weighted by molar-refractivity contribution is 0.212. The Morgan fingerprint density at radius 3 is 2.85 bits per heavy atom. The largest absolute Gasteiger partial charge is 0.302 e. The van der Waals surface area contributed by atoms with Crippen LogP contribution in [0.3, 0.4) is 0 Å². The average Bonchev–Trinajstić information content (AvgIpc) is 2.30. The molecule has 0 aromatic rings. The lowest BCUT2D eigenvalue weighted by Crippen LogP contribution is -2.39. The van der Waals surface area contributed by atoms with Crippen LogP contribution in [0.2, 0.25) is 0 Å². The summed E-state index contributed by atoms with van der Waals surface area (Å²) in [6.07, 6.45) is 1.19. The highest BCUT2D eigenvalue weighted by atomic mass is 15.2. The normalized spacial score (nSPS) is 26.7. The van der Waals surface area contributed by atoms with E-state index in [-0.39, 0.29) is 0 Å². The molecule has 0 aromatic heterocycles. The molecule has 0 saturated carbocycles. The van der Waals surface area contributed by atoms with Crippen molar-refractivity contribution in [3.63, 3.8) is 0 Å². The molecule has 13 heavy (non-hydrogen) atoms. The summed E-state index contributed by atoms with van der Waals surface area (Å²) in [4.78, 5) is 4.73. The van der Waals surface area contributed by atoms with E-state index in [1.165, 1.54) is 13.0 Å². The third-order valence-corrected chi connectivity index (χ3v) is 2.79. The van der Waals surface area contributed by atoms with Gasteiger partial charge in [0.2, 0.25) is 0 Å². The Labute approximate surface area is 80.9 Å². The first-order valence-electron chi connectivity index (χ1n) is 5.11. The number of hydrogen-bond donors (Lipinski definition) is 0. The van der Waals surface area contributed by atoms with Crippen molar-refractivity contribution in [2.45, 2.75) is 26.3 Å². The fourth-order valence-corrected chi connectivity index (χ4v) is 1.91. The van der Waals surface area contributed by atoms with Crippen molar-refractivity contribution in [2.75, 3.05) is 32.7 Å². The topological polar surface area (TPSA) is 30.3 Å². The van der Waals surface area contributed by atoms with E-state index in [1.807, 2.05) is 0 Å². The standard InChI is InChI=1S/C10H19N3/c1-3-12-6-4-7-13(8-5-11)10(2)9-12/h10H,3-4,6-9H2,1-2H3. The Morgan fingerprint density at radius 1 is 1.46 bits per heavy atom. The molecule has 3 heteroatoms. The van der Waals surface area contributed by atoms with Gasteiger partial charge in [-0.1, -0.05) is 6.92 Å². The van der Waals surface area contributed by atoms with Gasteiger partial charge in [0, 0.05) is 19.1 Å². The predicted molar refractivity (Wildman–Crippen MR) is 53.4 cm³/mol. The smallest absolute Gasteiger partial charge is 0.0868 e. The molecule has 0 amide bonds. The van der Waals surface area contributed by atoms with Gasteiger partial charge >= 0.3 is 0 Å². The summed E-state index contributed by atoms with van der Waals surface area (Å²) < 4.78 is 0. The molecule has 1 heterocycles. The van der Waals surface area contributed by atoms with Gasteiger partial charge in [0.1, 0.15) is 0 Å². The number of nitriles is 1. The molecule has 0 spiro atoms. The lowest BCUT2D eigenvalue weighted by Gasteiger charge is -2.26. The van der Waals surface area contributed by atoms with Crippen molar-refractivity contribution in [3.8, 4) is 6.07 Å². The Bertz CT molecular complexity index is 185. The monoisotopic (exact) mass is 181 g/mol. The third kappa shape index (κ3) is 2.98. The fraction of sp³-hybridized carbons (Fsp3) is 0.900. The van der Waals surface area contributed by atoms with E-state index in [1.54, 1.807) is 0 Å². The molecule has 1 aliphatic heterocycles. The molecule has 1 saturated heterocycles. The van der Waals surface area contributed by atoms with Crippen LogP contribution in [-0.4, -0.2) is 48.6 Å². The fourth-order valence-electron chi connectivity index (χ4n) is 1.91. The highest BCUT2D eigenvalue weighted by Gasteiger charge is 2.19. The first-order chi connectivity index (χ1) is 6.27. The van der Waals surface area contributed by atoms with Gasteiger partial charge in [0.15, 0.2) is 0 Å². The predicted octanol–water partition coefficient (Wildman–Crippen LogP) is 0.926. The van der Waals surface area contributed by atoms with Crippen molar-refractivity contribution in [1.82, 2.24) is 9.80 Å². The minimum atomic E-state index is 0.530. The van der Waals surface area contributed by atoms with Gasteiger partial charge in [0.05, 0.1) is 12.6 Å². The minimum absolute atomic E-state index is 0.530. The number of hydrogen-bond acceptors (Lipinski definition) is 3. The van der Waals surface area contributed by atoms with Crippen molar-refractivity contribution >= 4 is 0 Å². The second-order valence-electron chi connectivity index (χ2n) is 3.72. The van der Waals surface area contributed by atoms with E-state index < -0.39 is 0 Å². The summed E-state index contributed by atoms with van der Waals surface area (Å²) in [7, 11) is 0. The van der Waals surface area contributed by atoms with E-state index >= 15 is 0 Å². The molecule has 1 unspecified atom stereocenters. The lowest BCUT2D eigenvalue weighted by atomic mass is 10.3. The van der Waals surface area contributed by atoms with Crippen molar-refractivity contribution < 1.29 is 0 Å². The summed E-state index contributed by atoms with van der Waals surface area (Å²) in [5, 5.41) is 8.65. The van der Waals surface area contributed by atoms with E-state index in [2.05, 4.69) is 29.7 Å². The van der Waals surface area contributed by atoms with Crippen LogP contribution >= 0.6 is 0 Å². The zero-order chi connectivity index (χ0) is 9.68. The van der Waals surface area contributed by atoms with E-state index in [4.69, 9.17) is 5.26 Å². The molecule has 1 atom stereocenters.